The van der Waals surface area contributed by atoms with Gasteiger partial charge in [0.15, 0.2) is 5.82 Å². The third kappa shape index (κ3) is 3.51. The molecule has 2 rings (SSSR count). The largest absolute Gasteiger partial charge is 0.322 e. The molecule has 0 atom stereocenters. The van der Waals surface area contributed by atoms with E-state index < -0.39 is 5.82 Å². The lowest BCUT2D eigenvalue weighted by Crippen LogP contribution is -2.12. The number of amides is 1. The Hall–Kier alpha value is -1.10. The van der Waals surface area contributed by atoms with Gasteiger partial charge in [0.1, 0.15) is 0 Å². The highest BCUT2D eigenvalue weighted by Crippen LogP contribution is 2.27. The number of nitrogens with one attached hydrogen (secondary N) is 1. The molecule has 0 saturated carbocycles. The van der Waals surface area contributed by atoms with Gasteiger partial charge in [0.05, 0.1) is 10.0 Å². The average molecular weight is 377 g/mol. The predicted molar refractivity (Wildman–Crippen MR) is 83.3 cm³/mol. The second kappa shape index (κ2) is 6.12. The van der Waals surface area contributed by atoms with Crippen molar-refractivity contribution in [3.63, 3.8) is 0 Å². The third-order valence-electron chi connectivity index (χ3n) is 2.55. The zero-order valence-electron chi connectivity index (χ0n) is 10.3. The molecule has 0 aliphatic carbocycles. The third-order valence-corrected chi connectivity index (χ3v) is 3.55. The predicted octanol–water partition coefficient (Wildman–Crippen LogP) is 5.46. The van der Waals surface area contributed by atoms with E-state index >= 15 is 0 Å². The summed E-state index contributed by atoms with van der Waals surface area (Å²) in [4.78, 5) is 12.1. The molecule has 2 aromatic carbocycles. The average Bonchev–Trinajstić information content (AvgIpc) is 2.34. The normalized spacial score (nSPS) is 10.4. The number of benzene rings is 2. The molecular weight excluding hydrogens is 368 g/mol. The monoisotopic (exact) mass is 375 g/mol. The molecule has 0 bridgehead atoms. The molecule has 0 aliphatic heterocycles. The summed E-state index contributed by atoms with van der Waals surface area (Å²) in [5.41, 5.74) is 1.76. The van der Waals surface area contributed by atoms with E-state index in [1.54, 1.807) is 12.1 Å². The maximum Gasteiger partial charge on any atom is 0.255 e. The first kappa shape index (κ1) is 15.3. The van der Waals surface area contributed by atoms with Crippen LogP contribution in [0, 0.1) is 12.7 Å². The van der Waals surface area contributed by atoms with E-state index in [1.165, 1.54) is 12.1 Å². The molecule has 0 radical (unpaired) electrons. The highest BCUT2D eigenvalue weighted by Gasteiger charge is 2.11. The van der Waals surface area contributed by atoms with Gasteiger partial charge in [-0.2, -0.15) is 0 Å². The van der Waals surface area contributed by atoms with E-state index in [1.807, 2.05) is 13.0 Å². The molecule has 0 aromatic heterocycles. The maximum atomic E-state index is 13.3. The summed E-state index contributed by atoms with van der Waals surface area (Å²) >= 11 is 14.7. The van der Waals surface area contributed by atoms with Crippen LogP contribution in [0.1, 0.15) is 15.9 Å². The van der Waals surface area contributed by atoms with E-state index in [0.717, 1.165) is 10.0 Å². The number of anilines is 1. The summed E-state index contributed by atoms with van der Waals surface area (Å²) in [6.45, 7) is 1.88. The van der Waals surface area contributed by atoms with Crippen LogP contribution >= 0.6 is 39.1 Å². The highest BCUT2D eigenvalue weighted by atomic mass is 79.9. The second-order valence-corrected chi connectivity index (χ2v) is 5.96. The number of halogens is 4. The van der Waals surface area contributed by atoms with Crippen molar-refractivity contribution in [3.05, 3.63) is 61.8 Å². The van der Waals surface area contributed by atoms with Gasteiger partial charge in [-0.1, -0.05) is 39.1 Å². The summed E-state index contributed by atoms with van der Waals surface area (Å²) in [5, 5.41) is 2.35. The molecule has 0 saturated heterocycles. The molecule has 1 N–H and O–H groups in total. The van der Waals surface area contributed by atoms with Gasteiger partial charge < -0.3 is 5.32 Å². The van der Waals surface area contributed by atoms with Crippen molar-refractivity contribution >= 4 is 50.7 Å². The Morgan fingerprint density at radius 3 is 2.30 bits per heavy atom. The van der Waals surface area contributed by atoms with E-state index in [0.29, 0.717) is 11.3 Å². The summed E-state index contributed by atoms with van der Waals surface area (Å²) in [6, 6.07) is 7.95. The molecule has 20 heavy (non-hydrogen) atoms. The SMILES string of the molecule is Cc1cc(Br)cc(C(=O)Nc2cc(Cl)c(F)c(Cl)c2)c1. The first-order valence-corrected chi connectivity index (χ1v) is 7.15. The van der Waals surface area contributed by atoms with Gasteiger partial charge in [0, 0.05) is 15.7 Å². The van der Waals surface area contributed by atoms with Crippen LogP contribution in [0.25, 0.3) is 0 Å². The molecular formula is C14H9BrCl2FNO. The first-order valence-electron chi connectivity index (χ1n) is 5.60. The van der Waals surface area contributed by atoms with Crippen molar-refractivity contribution in [2.24, 2.45) is 0 Å². The molecule has 104 valence electrons. The molecule has 0 fully saturated rings. The van der Waals surface area contributed by atoms with Crippen LogP contribution in [-0.2, 0) is 0 Å². The number of aryl methyl sites for hydroxylation is 1. The van der Waals surface area contributed by atoms with Crippen molar-refractivity contribution in [3.8, 4) is 0 Å². The highest BCUT2D eigenvalue weighted by molar-refractivity contribution is 9.10. The molecule has 2 nitrogen and oxygen atoms in total. The molecule has 0 spiro atoms. The Morgan fingerprint density at radius 1 is 1.15 bits per heavy atom. The number of carbonyl (C=O) groups excluding carboxylic acids is 1. The zero-order valence-corrected chi connectivity index (χ0v) is 13.4. The smallest absolute Gasteiger partial charge is 0.255 e. The molecule has 0 heterocycles. The minimum atomic E-state index is -0.704. The van der Waals surface area contributed by atoms with Crippen molar-refractivity contribution < 1.29 is 9.18 Å². The summed E-state index contributed by atoms with van der Waals surface area (Å²) in [6.07, 6.45) is 0. The fourth-order valence-electron chi connectivity index (χ4n) is 1.70. The number of carbonyl (C=O) groups is 1. The zero-order chi connectivity index (χ0) is 14.9. The van der Waals surface area contributed by atoms with Crippen molar-refractivity contribution in [1.82, 2.24) is 0 Å². The van der Waals surface area contributed by atoms with Crippen LogP contribution in [0.3, 0.4) is 0 Å². The summed E-state index contributed by atoms with van der Waals surface area (Å²) in [7, 11) is 0. The quantitative estimate of drug-likeness (QED) is 0.693. The van der Waals surface area contributed by atoms with Gasteiger partial charge in [-0.25, -0.2) is 4.39 Å². The van der Waals surface area contributed by atoms with Crippen LogP contribution < -0.4 is 5.32 Å². The Balaban J connectivity index is 2.28. The van der Waals surface area contributed by atoms with Crippen LogP contribution in [0.2, 0.25) is 10.0 Å². The van der Waals surface area contributed by atoms with Gasteiger partial charge in [0.2, 0.25) is 0 Å². The van der Waals surface area contributed by atoms with Crippen LogP contribution in [-0.4, -0.2) is 5.91 Å². The fourth-order valence-corrected chi connectivity index (χ4v) is 2.79. The summed E-state index contributed by atoms with van der Waals surface area (Å²) in [5.74, 6) is -1.03. The van der Waals surface area contributed by atoms with Crippen LogP contribution in [0.5, 0.6) is 0 Å². The van der Waals surface area contributed by atoms with Crippen molar-refractivity contribution in [2.45, 2.75) is 6.92 Å². The number of rotatable bonds is 2. The van der Waals surface area contributed by atoms with E-state index in [4.69, 9.17) is 23.2 Å². The Morgan fingerprint density at radius 2 is 1.75 bits per heavy atom. The minimum Gasteiger partial charge on any atom is -0.322 e. The van der Waals surface area contributed by atoms with Gasteiger partial charge in [-0.3, -0.25) is 4.79 Å². The Labute approximate surface area is 134 Å². The van der Waals surface area contributed by atoms with E-state index in [2.05, 4.69) is 21.2 Å². The fraction of sp³-hybridized carbons (Fsp3) is 0.0714. The molecule has 6 heteroatoms. The minimum absolute atomic E-state index is 0.141. The van der Waals surface area contributed by atoms with Gasteiger partial charge in [0.25, 0.3) is 5.91 Å². The van der Waals surface area contributed by atoms with Crippen molar-refractivity contribution in [2.75, 3.05) is 5.32 Å². The van der Waals surface area contributed by atoms with Gasteiger partial charge in [-0.05, 0) is 42.8 Å². The summed E-state index contributed by atoms with van der Waals surface area (Å²) < 4.78 is 14.1. The molecule has 0 aliphatic rings. The second-order valence-electron chi connectivity index (χ2n) is 4.23. The lowest BCUT2D eigenvalue weighted by atomic mass is 10.1. The maximum absolute atomic E-state index is 13.3. The number of hydrogen-bond acceptors (Lipinski definition) is 1. The molecule has 2 aromatic rings. The van der Waals surface area contributed by atoms with Crippen LogP contribution in [0.4, 0.5) is 10.1 Å². The van der Waals surface area contributed by atoms with E-state index in [-0.39, 0.29) is 16.0 Å². The standard InChI is InChI=1S/C14H9BrCl2FNO/c1-7-2-8(4-9(15)3-7)14(20)19-10-5-11(16)13(18)12(17)6-10/h2-6H,1H3,(H,19,20). The first-order chi connectivity index (χ1) is 9.36. The Kier molecular flexibility index (Phi) is 4.68. The Bertz CT molecular complexity index is 648. The lowest BCUT2D eigenvalue weighted by Gasteiger charge is -2.08. The molecule has 1 amide bonds. The molecule has 0 unspecified atom stereocenters. The van der Waals surface area contributed by atoms with Crippen LogP contribution in [0.15, 0.2) is 34.8 Å². The van der Waals surface area contributed by atoms with Gasteiger partial charge in [-0.15, -0.1) is 0 Å². The lowest BCUT2D eigenvalue weighted by molar-refractivity contribution is 0.102. The topological polar surface area (TPSA) is 29.1 Å². The van der Waals surface area contributed by atoms with E-state index in [9.17, 15) is 9.18 Å². The number of hydrogen-bond donors (Lipinski definition) is 1. The van der Waals surface area contributed by atoms with Gasteiger partial charge >= 0.3 is 0 Å². The van der Waals surface area contributed by atoms with Crippen molar-refractivity contribution in [1.29, 1.82) is 0 Å².